The van der Waals surface area contributed by atoms with Crippen LogP contribution in [0.4, 0.5) is 5.82 Å². The van der Waals surface area contributed by atoms with E-state index in [2.05, 4.69) is 11.9 Å². The lowest BCUT2D eigenvalue weighted by Crippen LogP contribution is -2.35. The highest BCUT2D eigenvalue weighted by Crippen LogP contribution is 2.33. The summed E-state index contributed by atoms with van der Waals surface area (Å²) in [7, 11) is 0. The molecule has 1 aromatic heterocycles. The maximum absolute atomic E-state index is 6.39. The zero-order valence-corrected chi connectivity index (χ0v) is 12.0. The summed E-state index contributed by atoms with van der Waals surface area (Å²) in [5.41, 5.74) is 13.3. The van der Waals surface area contributed by atoms with E-state index in [1.54, 1.807) is 6.20 Å². The highest BCUT2D eigenvalue weighted by atomic mass is 14.8. The predicted octanol–water partition coefficient (Wildman–Crippen LogP) is 3.14. The molecule has 1 aliphatic carbocycles. The van der Waals surface area contributed by atoms with Crippen LogP contribution >= 0.6 is 0 Å². The van der Waals surface area contributed by atoms with Gasteiger partial charge < -0.3 is 11.5 Å². The third kappa shape index (κ3) is 4.20. The number of pyridine rings is 1. The van der Waals surface area contributed by atoms with Gasteiger partial charge in [0.25, 0.3) is 0 Å². The molecule has 3 heteroatoms. The van der Waals surface area contributed by atoms with Crippen molar-refractivity contribution >= 4 is 5.82 Å². The van der Waals surface area contributed by atoms with Gasteiger partial charge in [0.15, 0.2) is 0 Å². The molecule has 19 heavy (non-hydrogen) atoms. The van der Waals surface area contributed by atoms with Crippen molar-refractivity contribution in [1.29, 1.82) is 0 Å². The van der Waals surface area contributed by atoms with E-state index in [1.165, 1.54) is 44.1 Å². The minimum absolute atomic E-state index is 0.268. The first-order valence-corrected chi connectivity index (χ1v) is 7.65. The van der Waals surface area contributed by atoms with Gasteiger partial charge in [0.05, 0.1) is 0 Å². The second-order valence-corrected chi connectivity index (χ2v) is 6.03. The molecule has 0 amide bonds. The zero-order valence-electron chi connectivity index (χ0n) is 12.0. The fourth-order valence-electron chi connectivity index (χ4n) is 3.37. The quantitative estimate of drug-likeness (QED) is 0.855. The average molecular weight is 261 g/mol. The topological polar surface area (TPSA) is 64.9 Å². The van der Waals surface area contributed by atoms with Crippen molar-refractivity contribution in [3.8, 4) is 0 Å². The number of nitrogen functional groups attached to an aromatic ring is 1. The van der Waals surface area contributed by atoms with Crippen molar-refractivity contribution in [3.05, 3.63) is 23.9 Å². The van der Waals surface area contributed by atoms with E-state index >= 15 is 0 Å². The molecular weight excluding hydrogens is 234 g/mol. The van der Waals surface area contributed by atoms with E-state index in [0.717, 1.165) is 12.3 Å². The van der Waals surface area contributed by atoms with Crippen LogP contribution in [0, 0.1) is 11.8 Å². The molecular formula is C16H27N3. The minimum Gasteiger partial charge on any atom is -0.384 e. The first kappa shape index (κ1) is 14.3. The van der Waals surface area contributed by atoms with Crippen LogP contribution in [-0.4, -0.2) is 11.0 Å². The molecule has 106 valence electrons. The molecule has 2 rings (SSSR count). The Morgan fingerprint density at radius 3 is 2.68 bits per heavy atom. The van der Waals surface area contributed by atoms with E-state index in [0.29, 0.717) is 11.7 Å². The lowest BCUT2D eigenvalue weighted by molar-refractivity contribution is 0.232. The molecule has 0 saturated heterocycles. The van der Waals surface area contributed by atoms with Crippen LogP contribution in [0.15, 0.2) is 18.3 Å². The molecule has 0 aliphatic heterocycles. The second-order valence-electron chi connectivity index (χ2n) is 6.03. The molecule has 3 nitrogen and oxygen atoms in total. The minimum atomic E-state index is 0.268. The van der Waals surface area contributed by atoms with Gasteiger partial charge >= 0.3 is 0 Å². The lowest BCUT2D eigenvalue weighted by atomic mass is 9.76. The van der Waals surface area contributed by atoms with Crippen molar-refractivity contribution < 1.29 is 0 Å². The Labute approximate surface area is 116 Å². The number of aromatic nitrogens is 1. The van der Waals surface area contributed by atoms with E-state index in [9.17, 15) is 0 Å². The van der Waals surface area contributed by atoms with Gasteiger partial charge in [0.1, 0.15) is 5.82 Å². The van der Waals surface area contributed by atoms with E-state index in [4.69, 9.17) is 11.5 Å². The predicted molar refractivity (Wildman–Crippen MR) is 80.7 cm³/mol. The molecule has 1 saturated carbocycles. The fourth-order valence-corrected chi connectivity index (χ4v) is 3.37. The molecule has 1 heterocycles. The Kier molecular flexibility index (Phi) is 5.20. The molecule has 4 N–H and O–H groups in total. The first-order chi connectivity index (χ1) is 9.19. The molecule has 0 bridgehead atoms. The van der Waals surface area contributed by atoms with Gasteiger partial charge in [-0.15, -0.1) is 0 Å². The van der Waals surface area contributed by atoms with Crippen LogP contribution in [0.3, 0.4) is 0 Å². The van der Waals surface area contributed by atoms with Gasteiger partial charge in [0, 0.05) is 12.2 Å². The molecule has 1 aromatic rings. The van der Waals surface area contributed by atoms with E-state index < -0.39 is 0 Å². The third-order valence-electron chi connectivity index (χ3n) is 4.51. The van der Waals surface area contributed by atoms with Crippen LogP contribution in [0.1, 0.15) is 51.0 Å². The summed E-state index contributed by atoms with van der Waals surface area (Å²) in [5, 5.41) is 0. The summed E-state index contributed by atoms with van der Waals surface area (Å²) in [5.74, 6) is 2.23. The summed E-state index contributed by atoms with van der Waals surface area (Å²) in [6, 6.07) is 4.24. The Bertz CT molecular complexity index is 383. The molecule has 1 unspecified atom stereocenters. The molecule has 1 fully saturated rings. The largest absolute Gasteiger partial charge is 0.384 e. The Morgan fingerprint density at radius 1 is 1.32 bits per heavy atom. The van der Waals surface area contributed by atoms with Crippen molar-refractivity contribution in [1.82, 2.24) is 4.98 Å². The standard InChI is InChI=1S/C16H27N3/c1-2-3-12-4-6-14(7-5-12)15(17)10-13-8-9-19-16(18)11-13/h8-9,11-12,14-15H,2-7,10,17H2,1H3,(H2,18,19). The lowest BCUT2D eigenvalue weighted by Gasteiger charge is -2.32. The van der Waals surface area contributed by atoms with Crippen LogP contribution in [0.2, 0.25) is 0 Å². The highest BCUT2D eigenvalue weighted by Gasteiger charge is 2.25. The summed E-state index contributed by atoms with van der Waals surface area (Å²) < 4.78 is 0. The molecule has 1 aliphatic rings. The number of hydrogen-bond donors (Lipinski definition) is 2. The number of hydrogen-bond acceptors (Lipinski definition) is 3. The number of nitrogens with two attached hydrogens (primary N) is 2. The van der Waals surface area contributed by atoms with Gasteiger partial charge in [0.2, 0.25) is 0 Å². The molecule has 0 aromatic carbocycles. The smallest absolute Gasteiger partial charge is 0.123 e. The van der Waals surface area contributed by atoms with Crippen molar-refractivity contribution in [2.24, 2.45) is 17.6 Å². The molecule has 1 atom stereocenters. The fraction of sp³-hybridized carbons (Fsp3) is 0.688. The van der Waals surface area contributed by atoms with E-state index in [1.807, 2.05) is 12.1 Å². The van der Waals surface area contributed by atoms with Crippen molar-refractivity contribution in [2.45, 2.75) is 57.9 Å². The van der Waals surface area contributed by atoms with Crippen molar-refractivity contribution in [2.75, 3.05) is 5.73 Å². The van der Waals surface area contributed by atoms with Gasteiger partial charge in [-0.2, -0.15) is 0 Å². The average Bonchev–Trinajstić information content (AvgIpc) is 2.40. The summed E-state index contributed by atoms with van der Waals surface area (Å²) in [4.78, 5) is 4.03. The van der Waals surface area contributed by atoms with Gasteiger partial charge in [-0.1, -0.05) is 32.6 Å². The van der Waals surface area contributed by atoms with Crippen LogP contribution < -0.4 is 11.5 Å². The summed E-state index contributed by atoms with van der Waals surface area (Å²) in [6.45, 7) is 2.28. The normalized spacial score (nSPS) is 25.2. The van der Waals surface area contributed by atoms with Crippen LogP contribution in [0.25, 0.3) is 0 Å². The number of nitrogens with zero attached hydrogens (tertiary/aromatic N) is 1. The zero-order chi connectivity index (χ0) is 13.7. The monoisotopic (exact) mass is 261 g/mol. The van der Waals surface area contributed by atoms with E-state index in [-0.39, 0.29) is 6.04 Å². The Balaban J connectivity index is 1.82. The maximum Gasteiger partial charge on any atom is 0.123 e. The Morgan fingerprint density at radius 2 is 2.05 bits per heavy atom. The van der Waals surface area contributed by atoms with Crippen LogP contribution in [0.5, 0.6) is 0 Å². The summed E-state index contributed by atoms with van der Waals surface area (Å²) >= 11 is 0. The highest BCUT2D eigenvalue weighted by molar-refractivity contribution is 5.32. The molecule has 0 spiro atoms. The first-order valence-electron chi connectivity index (χ1n) is 7.65. The Hall–Kier alpha value is -1.09. The number of rotatable bonds is 5. The third-order valence-corrected chi connectivity index (χ3v) is 4.51. The van der Waals surface area contributed by atoms with Gasteiger partial charge in [-0.05, 0) is 48.8 Å². The van der Waals surface area contributed by atoms with Gasteiger partial charge in [-0.25, -0.2) is 4.98 Å². The molecule has 0 radical (unpaired) electrons. The number of anilines is 1. The maximum atomic E-state index is 6.39. The van der Waals surface area contributed by atoms with Gasteiger partial charge in [-0.3, -0.25) is 0 Å². The summed E-state index contributed by atoms with van der Waals surface area (Å²) in [6.07, 6.45) is 10.7. The second kappa shape index (κ2) is 6.90. The van der Waals surface area contributed by atoms with Crippen molar-refractivity contribution in [3.63, 3.8) is 0 Å². The van der Waals surface area contributed by atoms with Crippen LogP contribution in [-0.2, 0) is 6.42 Å². The SMILES string of the molecule is CCCC1CCC(C(N)Cc2ccnc(N)c2)CC1.